The molecule has 2 aliphatic rings. The highest BCUT2D eigenvalue weighted by Crippen LogP contribution is 2.39. The van der Waals surface area contributed by atoms with Crippen LogP contribution in [0.3, 0.4) is 0 Å². The van der Waals surface area contributed by atoms with Crippen molar-refractivity contribution in [3.8, 4) is 0 Å². The Bertz CT molecular complexity index is 931. The fourth-order valence-corrected chi connectivity index (χ4v) is 4.05. The normalized spacial score (nSPS) is 21.3. The predicted molar refractivity (Wildman–Crippen MR) is 110 cm³/mol. The zero-order chi connectivity index (χ0) is 21.8. The van der Waals surface area contributed by atoms with Crippen LogP contribution in [0.5, 0.6) is 0 Å². The van der Waals surface area contributed by atoms with Crippen LogP contribution in [0.1, 0.15) is 31.7 Å². The molecular weight excluding hydrogens is 388 g/mol. The van der Waals surface area contributed by atoms with Gasteiger partial charge in [0.15, 0.2) is 0 Å². The predicted octanol–water partition coefficient (Wildman–Crippen LogP) is 1.73. The molecule has 160 valence electrons. The molecule has 3 rings (SSSR count). The minimum atomic E-state index is -0.777. The van der Waals surface area contributed by atoms with Crippen LogP contribution in [0.2, 0.25) is 0 Å². The Labute approximate surface area is 174 Å². The molecule has 0 radical (unpaired) electrons. The number of hydrogen-bond acceptors (Lipinski definition) is 7. The Balaban J connectivity index is 2.02. The van der Waals surface area contributed by atoms with Crippen LogP contribution in [-0.2, 0) is 14.3 Å². The van der Waals surface area contributed by atoms with Crippen molar-refractivity contribution in [3.05, 3.63) is 62.5 Å². The summed E-state index contributed by atoms with van der Waals surface area (Å²) in [6, 6.07) is 6.01. The first-order valence-corrected chi connectivity index (χ1v) is 9.83. The molecule has 30 heavy (non-hydrogen) atoms. The summed E-state index contributed by atoms with van der Waals surface area (Å²) in [6.07, 6.45) is 0.983. The Kier molecular flexibility index (Phi) is 6.51. The fraction of sp³-hybridized carbons (Fsp3) is 0.429. The van der Waals surface area contributed by atoms with E-state index in [9.17, 15) is 19.7 Å². The molecule has 2 aliphatic heterocycles. The Hall–Kier alpha value is -3.20. The van der Waals surface area contributed by atoms with Crippen LogP contribution in [0.15, 0.2) is 46.8 Å². The van der Waals surface area contributed by atoms with Gasteiger partial charge >= 0.3 is 5.97 Å². The third-order valence-electron chi connectivity index (χ3n) is 5.54. The highest BCUT2D eigenvalue weighted by Gasteiger charge is 2.37. The van der Waals surface area contributed by atoms with Gasteiger partial charge < -0.3 is 20.7 Å². The van der Waals surface area contributed by atoms with Crippen molar-refractivity contribution in [2.45, 2.75) is 26.2 Å². The van der Waals surface area contributed by atoms with Gasteiger partial charge in [-0.25, -0.2) is 4.79 Å². The summed E-state index contributed by atoms with van der Waals surface area (Å²) in [7, 11) is 1.27. The molecule has 1 fully saturated rings. The number of ether oxygens (including phenoxy) is 1. The number of dihydropyridines is 1. The van der Waals surface area contributed by atoms with Crippen molar-refractivity contribution in [1.29, 1.82) is 0 Å². The van der Waals surface area contributed by atoms with E-state index in [-0.39, 0.29) is 17.2 Å². The Morgan fingerprint density at radius 2 is 2.00 bits per heavy atom. The van der Waals surface area contributed by atoms with Crippen LogP contribution < -0.4 is 16.0 Å². The smallest absolute Gasteiger partial charge is 0.336 e. The Morgan fingerprint density at radius 3 is 2.63 bits per heavy atom. The number of esters is 1. The first-order valence-electron chi connectivity index (χ1n) is 9.83. The van der Waals surface area contributed by atoms with E-state index in [1.807, 2.05) is 0 Å². The number of benzene rings is 1. The minimum absolute atomic E-state index is 0.109. The van der Waals surface area contributed by atoms with Crippen LogP contribution in [0.4, 0.5) is 5.69 Å². The molecule has 0 bridgehead atoms. The quantitative estimate of drug-likeness (QED) is 0.368. The van der Waals surface area contributed by atoms with Gasteiger partial charge in [-0.1, -0.05) is 12.1 Å². The summed E-state index contributed by atoms with van der Waals surface area (Å²) in [5.74, 6) is -1.33. The monoisotopic (exact) mass is 414 g/mol. The third kappa shape index (κ3) is 4.35. The van der Waals surface area contributed by atoms with Gasteiger partial charge in [-0.2, -0.15) is 0 Å². The second-order valence-corrected chi connectivity index (χ2v) is 7.55. The topological polar surface area (TPSA) is 123 Å². The maximum Gasteiger partial charge on any atom is 0.336 e. The number of hydrogen-bond donors (Lipinski definition) is 3. The lowest BCUT2D eigenvalue weighted by Gasteiger charge is -2.31. The summed E-state index contributed by atoms with van der Waals surface area (Å²) < 4.78 is 4.96. The van der Waals surface area contributed by atoms with E-state index in [0.29, 0.717) is 35.0 Å². The van der Waals surface area contributed by atoms with Gasteiger partial charge in [-0.05, 0) is 44.8 Å². The van der Waals surface area contributed by atoms with Crippen molar-refractivity contribution in [3.63, 3.8) is 0 Å². The molecule has 9 nitrogen and oxygen atoms in total. The van der Waals surface area contributed by atoms with Gasteiger partial charge in [0.1, 0.15) is 0 Å². The number of methoxy groups -OCH3 is 1. The molecule has 1 aromatic rings. The average Bonchev–Trinajstić information content (AvgIpc) is 3.24. The van der Waals surface area contributed by atoms with Crippen molar-refractivity contribution >= 4 is 17.6 Å². The number of rotatable bonds is 6. The molecule has 1 aromatic carbocycles. The van der Waals surface area contributed by atoms with E-state index in [1.165, 1.54) is 19.2 Å². The molecular formula is C21H26N4O5. The minimum Gasteiger partial charge on any atom is -0.466 e. The van der Waals surface area contributed by atoms with E-state index in [0.717, 1.165) is 19.5 Å². The largest absolute Gasteiger partial charge is 0.466 e. The molecule has 0 spiro atoms. The van der Waals surface area contributed by atoms with Crippen LogP contribution in [0.25, 0.3) is 0 Å². The van der Waals surface area contributed by atoms with Crippen LogP contribution in [-0.4, -0.2) is 43.5 Å². The molecule has 2 heterocycles. The SMILES string of the molecule is COC(=O)C1=C(C)NC(C)=C(C(=O)NC[C@H]2CCNC2)C1c1cccc([N+](=O)[O-])c1. The van der Waals surface area contributed by atoms with Crippen LogP contribution >= 0.6 is 0 Å². The summed E-state index contributed by atoms with van der Waals surface area (Å²) in [4.78, 5) is 36.6. The van der Waals surface area contributed by atoms with Gasteiger partial charge in [0.2, 0.25) is 5.91 Å². The number of non-ortho nitro benzene ring substituents is 1. The second kappa shape index (κ2) is 9.08. The van der Waals surface area contributed by atoms with Gasteiger partial charge in [0, 0.05) is 35.6 Å². The van der Waals surface area contributed by atoms with E-state index < -0.39 is 16.8 Å². The number of nitro benzene ring substituents is 1. The lowest BCUT2D eigenvalue weighted by atomic mass is 9.80. The number of carbonyl (C=O) groups excluding carboxylic acids is 2. The van der Waals surface area contributed by atoms with Gasteiger partial charge in [0.25, 0.3) is 5.69 Å². The van der Waals surface area contributed by atoms with Gasteiger partial charge in [0.05, 0.1) is 23.5 Å². The zero-order valence-electron chi connectivity index (χ0n) is 17.3. The van der Waals surface area contributed by atoms with Crippen LogP contribution in [0, 0.1) is 16.0 Å². The fourth-order valence-electron chi connectivity index (χ4n) is 4.05. The molecule has 0 saturated carbocycles. The maximum absolute atomic E-state index is 13.2. The highest BCUT2D eigenvalue weighted by molar-refractivity contribution is 6.02. The molecule has 9 heteroatoms. The summed E-state index contributed by atoms with van der Waals surface area (Å²) >= 11 is 0. The maximum atomic E-state index is 13.2. The zero-order valence-corrected chi connectivity index (χ0v) is 17.3. The number of carbonyl (C=O) groups is 2. The van der Waals surface area contributed by atoms with E-state index in [4.69, 9.17) is 4.74 Å². The number of nitrogens with one attached hydrogen (secondary N) is 3. The lowest BCUT2D eigenvalue weighted by Crippen LogP contribution is -2.38. The van der Waals surface area contributed by atoms with Crippen molar-refractivity contribution in [2.24, 2.45) is 5.92 Å². The Morgan fingerprint density at radius 1 is 1.27 bits per heavy atom. The molecule has 2 atom stereocenters. The molecule has 1 saturated heterocycles. The third-order valence-corrected chi connectivity index (χ3v) is 5.54. The first-order chi connectivity index (χ1) is 14.3. The molecule has 0 aromatic heterocycles. The van der Waals surface area contributed by atoms with Gasteiger partial charge in [-0.3, -0.25) is 14.9 Å². The highest BCUT2D eigenvalue weighted by atomic mass is 16.6. The van der Waals surface area contributed by atoms with E-state index >= 15 is 0 Å². The molecule has 1 amide bonds. The number of nitro groups is 1. The van der Waals surface area contributed by atoms with E-state index in [1.54, 1.807) is 26.0 Å². The van der Waals surface area contributed by atoms with Crippen molar-refractivity contribution < 1.29 is 19.2 Å². The lowest BCUT2D eigenvalue weighted by molar-refractivity contribution is -0.384. The standard InChI is InChI=1S/C21H26N4O5/c1-12-17(20(26)23-11-14-7-8-22-10-14)19(18(13(2)24-12)21(27)30-3)15-5-4-6-16(9-15)25(28)29/h4-6,9,14,19,22,24H,7-8,10-11H2,1-3H3,(H,23,26)/t14-,19?/m0/s1. The number of amides is 1. The van der Waals surface area contributed by atoms with Crippen molar-refractivity contribution in [2.75, 3.05) is 26.7 Å². The summed E-state index contributed by atoms with van der Waals surface area (Å²) in [6.45, 7) is 5.76. The molecule has 0 aliphatic carbocycles. The average molecular weight is 414 g/mol. The number of allylic oxidation sites excluding steroid dienone is 2. The van der Waals surface area contributed by atoms with Gasteiger partial charge in [-0.15, -0.1) is 0 Å². The summed E-state index contributed by atoms with van der Waals surface area (Å²) in [5.41, 5.74) is 2.13. The second-order valence-electron chi connectivity index (χ2n) is 7.55. The van der Waals surface area contributed by atoms with Crippen molar-refractivity contribution in [1.82, 2.24) is 16.0 Å². The molecule has 3 N–H and O–H groups in total. The first kappa shape index (κ1) is 21.5. The van der Waals surface area contributed by atoms with E-state index in [2.05, 4.69) is 16.0 Å². The molecule has 1 unspecified atom stereocenters. The number of nitrogens with zero attached hydrogens (tertiary/aromatic N) is 1. The summed E-state index contributed by atoms with van der Waals surface area (Å²) in [5, 5.41) is 20.6.